The lowest BCUT2D eigenvalue weighted by Crippen LogP contribution is -2.54. The van der Waals surface area contributed by atoms with E-state index in [-0.39, 0.29) is 77.1 Å². The summed E-state index contributed by atoms with van der Waals surface area (Å²) in [7, 11) is -2.03. The van der Waals surface area contributed by atoms with E-state index in [2.05, 4.69) is 81.9 Å². The van der Waals surface area contributed by atoms with Gasteiger partial charge in [-0.25, -0.2) is 4.79 Å². The van der Waals surface area contributed by atoms with Crippen molar-refractivity contribution in [2.45, 2.75) is 154 Å². The number of cyclic esters (lactones) is 1. The number of ether oxygens (including phenoxy) is 2. The van der Waals surface area contributed by atoms with Crippen LogP contribution in [0.15, 0.2) is 42.0 Å². The van der Waals surface area contributed by atoms with E-state index in [1.165, 1.54) is 5.57 Å². The topological polar surface area (TPSA) is 169 Å². The second kappa shape index (κ2) is 19.2. The first-order chi connectivity index (χ1) is 28.4. The third-order valence-electron chi connectivity index (χ3n) is 13.6. The molecule has 60 heavy (non-hydrogen) atoms. The van der Waals surface area contributed by atoms with Gasteiger partial charge in [0.05, 0.1) is 23.7 Å². The van der Waals surface area contributed by atoms with Gasteiger partial charge in [0, 0.05) is 37.5 Å². The zero-order chi connectivity index (χ0) is 43.4. The number of nitrogens with one attached hydrogen (secondary N) is 3. The minimum absolute atomic E-state index is 0.0601. The van der Waals surface area contributed by atoms with Crippen LogP contribution < -0.4 is 16.0 Å². The summed E-state index contributed by atoms with van der Waals surface area (Å²) in [5.74, 6) is -1.35. The number of nitrogens with zero attached hydrogens (tertiary/aromatic N) is 1. The standard InChI is InChI=1S/C46H66N4O9Si/c1-28-24-30-17-16-29(2)33(19-18-31-26-32(27-39(52)57-31)59-60(6,7)46(3,4)5)40(30)37(25-28)58-45(56)48-23-12-10-8-9-11-22-47-35-15-13-14-34-41(35)44(55)50(43(34)54)36-20-21-38(51)49-42(36)53/h13-17,24,28-29,31-33,36-37,40,47H,8-12,18-23,25-27H2,1-7H3,(H,48,56)(H,49,51,53)/t28-,29-,31+,32+,33-,36?,37-,40-/m0/s1. The van der Waals surface area contributed by atoms with Crippen LogP contribution in [0.5, 0.6) is 0 Å². The fourth-order valence-corrected chi connectivity index (χ4v) is 10.7. The SMILES string of the molecule is C[C@H]1C=C2C=C[C@H](C)[C@H](CC[C@@H]3C[C@@H](O[Si](C)(C)C(C)(C)C)CC(=O)O3)[C@H]2[C@@H](OC(=O)NCCCCCCCNc2cccc3c2C(=O)N(C2CCC(=O)NC2=O)C3=O)C1. The van der Waals surface area contributed by atoms with E-state index in [0.717, 1.165) is 56.3 Å². The van der Waals surface area contributed by atoms with Crippen LogP contribution in [0.3, 0.4) is 0 Å². The molecule has 5 amide bonds. The van der Waals surface area contributed by atoms with Gasteiger partial charge in [0.2, 0.25) is 11.8 Å². The summed E-state index contributed by atoms with van der Waals surface area (Å²) in [4.78, 5) is 77.4. The Morgan fingerprint density at radius 1 is 0.967 bits per heavy atom. The molecule has 328 valence electrons. The summed E-state index contributed by atoms with van der Waals surface area (Å²) in [6, 6.07) is 4.06. The number of rotatable bonds is 16. The summed E-state index contributed by atoms with van der Waals surface area (Å²) in [6.45, 7) is 16.6. The molecule has 1 unspecified atom stereocenters. The van der Waals surface area contributed by atoms with Crippen LogP contribution in [0.1, 0.15) is 132 Å². The fraction of sp³-hybridized carbons (Fsp3) is 0.652. The molecule has 13 nitrogen and oxygen atoms in total. The highest BCUT2D eigenvalue weighted by molar-refractivity contribution is 6.74. The Labute approximate surface area is 356 Å². The summed E-state index contributed by atoms with van der Waals surface area (Å²) >= 11 is 0. The van der Waals surface area contributed by atoms with Crippen molar-refractivity contribution in [3.63, 3.8) is 0 Å². The quantitative estimate of drug-likeness (QED) is 0.0646. The highest BCUT2D eigenvalue weighted by Gasteiger charge is 2.46. The van der Waals surface area contributed by atoms with Gasteiger partial charge in [-0.3, -0.25) is 34.2 Å². The van der Waals surface area contributed by atoms with Gasteiger partial charge >= 0.3 is 12.1 Å². The van der Waals surface area contributed by atoms with Gasteiger partial charge in [-0.2, -0.15) is 0 Å². The molecule has 5 aliphatic rings. The maximum Gasteiger partial charge on any atom is 0.407 e. The van der Waals surface area contributed by atoms with Crippen molar-refractivity contribution < 1.29 is 42.7 Å². The fourth-order valence-electron chi connectivity index (χ4n) is 9.34. The molecule has 1 aromatic carbocycles. The van der Waals surface area contributed by atoms with Crippen molar-refractivity contribution >= 4 is 49.7 Å². The van der Waals surface area contributed by atoms with Crippen molar-refractivity contribution in [3.05, 3.63) is 53.1 Å². The molecular weight excluding hydrogens is 781 g/mol. The number of carbonyl (C=O) groups excluding carboxylic acids is 6. The van der Waals surface area contributed by atoms with Gasteiger partial charge in [0.25, 0.3) is 11.8 Å². The van der Waals surface area contributed by atoms with Gasteiger partial charge in [-0.05, 0) is 92.1 Å². The van der Waals surface area contributed by atoms with Gasteiger partial charge < -0.3 is 24.5 Å². The molecular formula is C46H66N4O9Si. The second-order valence-electron chi connectivity index (χ2n) is 19.2. The van der Waals surface area contributed by atoms with E-state index in [1.807, 2.05) is 0 Å². The van der Waals surface area contributed by atoms with E-state index in [1.54, 1.807) is 18.2 Å². The van der Waals surface area contributed by atoms with Crippen LogP contribution in [-0.4, -0.2) is 86.4 Å². The number of allylic oxidation sites excluding steroid dienone is 3. The number of carbonyl (C=O) groups is 6. The molecule has 1 aromatic rings. The number of amides is 5. The van der Waals surface area contributed by atoms with Crippen molar-refractivity contribution in [2.75, 3.05) is 18.4 Å². The molecule has 3 aliphatic heterocycles. The molecule has 6 rings (SSSR count). The first kappa shape index (κ1) is 45.2. The lowest BCUT2D eigenvalue weighted by molar-refractivity contribution is -0.160. The number of unbranched alkanes of at least 4 members (excludes halogenated alkanes) is 4. The number of fused-ring (bicyclic) bond motifs is 2. The largest absolute Gasteiger partial charge is 0.462 e. The summed E-state index contributed by atoms with van der Waals surface area (Å²) < 4.78 is 18.7. The smallest absolute Gasteiger partial charge is 0.407 e. The third kappa shape index (κ3) is 10.6. The Morgan fingerprint density at radius 2 is 1.70 bits per heavy atom. The molecule has 0 radical (unpaired) electrons. The lowest BCUT2D eigenvalue weighted by atomic mass is 9.65. The summed E-state index contributed by atoms with van der Waals surface area (Å²) in [5, 5.41) is 8.58. The third-order valence-corrected chi connectivity index (χ3v) is 18.1. The van der Waals surface area contributed by atoms with Crippen LogP contribution in [-0.2, 0) is 28.3 Å². The first-order valence-corrected chi connectivity index (χ1v) is 25.1. The molecule has 14 heteroatoms. The average Bonchev–Trinajstić information content (AvgIpc) is 3.42. The predicted octanol–water partition coefficient (Wildman–Crippen LogP) is 7.83. The second-order valence-corrected chi connectivity index (χ2v) is 23.9. The first-order valence-electron chi connectivity index (χ1n) is 22.2. The maximum absolute atomic E-state index is 13.3. The molecule has 3 N–H and O–H groups in total. The molecule has 2 saturated heterocycles. The Balaban J connectivity index is 0.915. The van der Waals surface area contributed by atoms with Gasteiger partial charge in [-0.15, -0.1) is 0 Å². The Morgan fingerprint density at radius 3 is 2.43 bits per heavy atom. The normalized spacial score (nSPS) is 28.1. The van der Waals surface area contributed by atoms with Crippen LogP contribution in [0.25, 0.3) is 0 Å². The Kier molecular flexibility index (Phi) is 14.5. The van der Waals surface area contributed by atoms with E-state index in [0.29, 0.717) is 37.5 Å². The van der Waals surface area contributed by atoms with E-state index in [4.69, 9.17) is 13.9 Å². The van der Waals surface area contributed by atoms with E-state index in [9.17, 15) is 28.8 Å². The monoisotopic (exact) mass is 846 g/mol. The maximum atomic E-state index is 13.3. The minimum atomic E-state index is -2.03. The number of hydrogen-bond acceptors (Lipinski definition) is 10. The summed E-state index contributed by atoms with van der Waals surface area (Å²) in [5.41, 5.74) is 2.30. The number of hydrogen-bond donors (Lipinski definition) is 3. The number of esters is 1. The van der Waals surface area contributed by atoms with Crippen molar-refractivity contribution in [2.24, 2.45) is 23.7 Å². The number of benzene rings is 1. The average molecular weight is 847 g/mol. The molecule has 0 spiro atoms. The van der Waals surface area contributed by atoms with Crippen molar-refractivity contribution in [1.29, 1.82) is 0 Å². The van der Waals surface area contributed by atoms with Crippen LogP contribution >= 0.6 is 0 Å². The molecule has 0 aromatic heterocycles. The Bertz CT molecular complexity index is 1870. The van der Waals surface area contributed by atoms with Gasteiger partial charge in [0.15, 0.2) is 8.32 Å². The van der Waals surface area contributed by atoms with Crippen molar-refractivity contribution in [1.82, 2.24) is 15.5 Å². The van der Waals surface area contributed by atoms with Gasteiger partial charge in [0.1, 0.15) is 18.2 Å². The highest BCUT2D eigenvalue weighted by Crippen LogP contribution is 2.46. The molecule has 0 bridgehead atoms. The number of anilines is 1. The predicted molar refractivity (Wildman–Crippen MR) is 231 cm³/mol. The zero-order valence-electron chi connectivity index (χ0n) is 36.6. The lowest BCUT2D eigenvalue weighted by Gasteiger charge is -2.44. The minimum Gasteiger partial charge on any atom is -0.462 e. The molecule has 0 saturated carbocycles. The number of piperidine rings is 1. The van der Waals surface area contributed by atoms with Crippen LogP contribution in [0, 0.1) is 23.7 Å². The van der Waals surface area contributed by atoms with E-state index >= 15 is 0 Å². The number of imide groups is 2. The molecule has 2 aliphatic carbocycles. The Hall–Kier alpha value is -4.30. The zero-order valence-corrected chi connectivity index (χ0v) is 37.6. The van der Waals surface area contributed by atoms with E-state index < -0.39 is 38.0 Å². The van der Waals surface area contributed by atoms with Crippen LogP contribution in [0.2, 0.25) is 18.1 Å². The molecule has 8 atom stereocenters. The van der Waals surface area contributed by atoms with Crippen LogP contribution in [0.4, 0.5) is 10.5 Å². The molecule has 2 fully saturated rings. The molecule has 3 heterocycles. The summed E-state index contributed by atoms with van der Waals surface area (Å²) in [6.07, 6.45) is 14.0. The van der Waals surface area contributed by atoms with Gasteiger partial charge in [-0.1, -0.05) is 78.2 Å². The highest BCUT2D eigenvalue weighted by atomic mass is 28.4. The van der Waals surface area contributed by atoms with Crippen molar-refractivity contribution in [3.8, 4) is 0 Å². The number of alkyl carbamates (subject to hydrolysis) is 1.